The molecule has 40 heavy (non-hydrogen) atoms. The molecule has 8 aliphatic rings. The second-order valence-corrected chi connectivity index (χ2v) is 17.8. The molecule has 8 rings (SSSR count). The van der Waals surface area contributed by atoms with Gasteiger partial charge in [-0.25, -0.2) is 0 Å². The Balaban J connectivity index is 1.01. The topological polar surface area (TPSA) is 26.3 Å². The average molecular weight is 549 g/mol. The van der Waals surface area contributed by atoms with E-state index in [-0.39, 0.29) is 17.5 Å². The molecule has 0 aromatic carbocycles. The maximum Gasteiger partial charge on any atom is 0.312 e. The van der Waals surface area contributed by atoms with Gasteiger partial charge in [-0.05, 0) is 148 Å². The fourth-order valence-corrected chi connectivity index (χ4v) is 13.4. The first-order valence-electron chi connectivity index (χ1n) is 18.0. The highest BCUT2D eigenvalue weighted by Crippen LogP contribution is 2.68. The van der Waals surface area contributed by atoms with Crippen LogP contribution in [0.3, 0.4) is 0 Å². The van der Waals surface area contributed by atoms with Gasteiger partial charge in [-0.15, -0.1) is 0 Å². The number of hydrogen-bond donors (Lipinski definition) is 0. The third-order valence-corrected chi connectivity index (χ3v) is 15.0. The van der Waals surface area contributed by atoms with Gasteiger partial charge in [0, 0.05) is 6.42 Å². The molecule has 0 spiro atoms. The lowest BCUT2D eigenvalue weighted by Crippen LogP contribution is -2.52. The molecule has 0 aliphatic heterocycles. The molecule has 2 nitrogen and oxygen atoms in total. The number of allylic oxidation sites excluding steroid dienone is 1. The number of carbonyl (C=O) groups is 1. The summed E-state index contributed by atoms with van der Waals surface area (Å²) in [4.78, 5) is 13.7. The highest BCUT2D eigenvalue weighted by Gasteiger charge is 2.60. The summed E-state index contributed by atoms with van der Waals surface area (Å²) in [7, 11) is 0. The molecule has 224 valence electrons. The minimum Gasteiger partial charge on any atom is -0.462 e. The van der Waals surface area contributed by atoms with E-state index in [0.29, 0.717) is 10.8 Å². The molecule has 7 saturated carbocycles. The van der Waals surface area contributed by atoms with Gasteiger partial charge in [0.25, 0.3) is 0 Å². The summed E-state index contributed by atoms with van der Waals surface area (Å²) in [6.45, 7) is 12.7. The molecule has 0 radical (unpaired) electrons. The Morgan fingerprint density at radius 3 is 2.27 bits per heavy atom. The van der Waals surface area contributed by atoms with Crippen molar-refractivity contribution in [3.8, 4) is 0 Å². The fourth-order valence-electron chi connectivity index (χ4n) is 13.4. The van der Waals surface area contributed by atoms with Crippen molar-refractivity contribution in [3.05, 3.63) is 11.6 Å². The molecular formula is C38H60O2. The van der Waals surface area contributed by atoms with E-state index in [4.69, 9.17) is 4.74 Å². The molecule has 0 N–H and O–H groups in total. The lowest BCUT2D eigenvalue weighted by Gasteiger charge is -2.58. The van der Waals surface area contributed by atoms with Crippen LogP contribution in [0, 0.1) is 69.5 Å². The molecule has 0 heterocycles. The first-order valence-corrected chi connectivity index (χ1v) is 18.0. The van der Waals surface area contributed by atoms with Crippen LogP contribution >= 0.6 is 0 Å². The lowest BCUT2D eigenvalue weighted by molar-refractivity contribution is -0.179. The van der Waals surface area contributed by atoms with Crippen LogP contribution in [0.5, 0.6) is 0 Å². The van der Waals surface area contributed by atoms with Gasteiger partial charge in [0.15, 0.2) is 0 Å². The minimum absolute atomic E-state index is 0.111. The zero-order valence-corrected chi connectivity index (χ0v) is 26.7. The largest absolute Gasteiger partial charge is 0.462 e. The van der Waals surface area contributed by atoms with E-state index in [2.05, 4.69) is 40.7 Å². The average Bonchev–Trinajstić information content (AvgIpc) is 3.25. The smallest absolute Gasteiger partial charge is 0.312 e. The van der Waals surface area contributed by atoms with Gasteiger partial charge in [0.2, 0.25) is 0 Å². The number of rotatable bonds is 7. The number of ether oxygens (including phenoxy) is 1. The second kappa shape index (κ2) is 10.1. The summed E-state index contributed by atoms with van der Waals surface area (Å²) in [5.41, 5.74) is 2.46. The van der Waals surface area contributed by atoms with Crippen molar-refractivity contribution in [2.24, 2.45) is 69.5 Å². The molecule has 0 aromatic heterocycles. The quantitative estimate of drug-likeness (QED) is 0.234. The highest BCUT2D eigenvalue weighted by molar-refractivity contribution is 5.77. The van der Waals surface area contributed by atoms with E-state index in [1.807, 2.05) is 0 Å². The first-order chi connectivity index (χ1) is 19.1. The van der Waals surface area contributed by atoms with E-state index in [1.165, 1.54) is 77.0 Å². The molecule has 0 unspecified atom stereocenters. The summed E-state index contributed by atoms with van der Waals surface area (Å²) in [6, 6.07) is 0. The molecule has 0 aromatic rings. The monoisotopic (exact) mass is 548 g/mol. The van der Waals surface area contributed by atoms with Crippen molar-refractivity contribution in [3.63, 3.8) is 0 Å². The Labute approximate surface area is 246 Å². The SMILES string of the molecule is CC(C)CCC[C@@H](C)[C@H]1CC[C@H]2[C@@H]3CC=C4C[C@H](OC(=O)C56CC7CC(CC(C7)C5)C6)CC[C@]4(C)[C@H]3CC[C@]12C. The van der Waals surface area contributed by atoms with Crippen LogP contribution < -0.4 is 0 Å². The van der Waals surface area contributed by atoms with Crippen molar-refractivity contribution >= 4 is 5.97 Å². The van der Waals surface area contributed by atoms with E-state index in [0.717, 1.165) is 85.4 Å². The summed E-state index contributed by atoms with van der Waals surface area (Å²) < 4.78 is 6.50. The van der Waals surface area contributed by atoms with Crippen LogP contribution in [0.2, 0.25) is 0 Å². The van der Waals surface area contributed by atoms with E-state index in [9.17, 15) is 4.79 Å². The number of fused-ring (bicyclic) bond motifs is 5. The molecule has 0 amide bonds. The van der Waals surface area contributed by atoms with E-state index in [1.54, 1.807) is 5.57 Å². The van der Waals surface area contributed by atoms with Crippen molar-refractivity contribution in [2.75, 3.05) is 0 Å². The fraction of sp³-hybridized carbons (Fsp3) is 0.921. The Kier molecular flexibility index (Phi) is 7.10. The molecule has 7 fully saturated rings. The van der Waals surface area contributed by atoms with E-state index >= 15 is 0 Å². The van der Waals surface area contributed by atoms with Crippen LogP contribution in [-0.4, -0.2) is 12.1 Å². The van der Waals surface area contributed by atoms with Gasteiger partial charge in [0.1, 0.15) is 6.10 Å². The zero-order valence-electron chi connectivity index (χ0n) is 26.7. The van der Waals surface area contributed by atoms with Crippen LogP contribution in [0.1, 0.15) is 144 Å². The Bertz CT molecular complexity index is 972. The maximum atomic E-state index is 13.7. The predicted octanol–water partition coefficient (Wildman–Crippen LogP) is 10.2. The second-order valence-electron chi connectivity index (χ2n) is 17.8. The molecular weight excluding hydrogens is 488 g/mol. The van der Waals surface area contributed by atoms with E-state index < -0.39 is 0 Å². The molecule has 8 atom stereocenters. The van der Waals surface area contributed by atoms with Gasteiger partial charge in [-0.3, -0.25) is 4.79 Å². The van der Waals surface area contributed by atoms with Gasteiger partial charge in [-0.2, -0.15) is 0 Å². The molecule has 8 aliphatic carbocycles. The predicted molar refractivity (Wildman–Crippen MR) is 164 cm³/mol. The Hall–Kier alpha value is -0.790. The normalized spacial score (nSPS) is 49.7. The van der Waals surface area contributed by atoms with Gasteiger partial charge in [-0.1, -0.05) is 65.5 Å². The number of carbonyl (C=O) groups excluding carboxylic acids is 1. The standard InChI is InChI=1S/C38H60O2/c1-24(2)7-6-8-25(3)32-11-12-33-31-10-9-29-20-30(13-15-36(29,4)34(31)14-16-37(32,33)5)40-35(39)38-21-26-17-27(22-38)19-28(18-26)23-38/h9,24-28,30-34H,6-8,10-23H2,1-5H3/t25-,26?,27?,28?,30-,31+,32-,33+,34+,36+,37-,38?/m1/s1. The Morgan fingerprint density at radius 2 is 1.60 bits per heavy atom. The highest BCUT2D eigenvalue weighted by atomic mass is 16.5. The first kappa shape index (κ1) is 28.0. The van der Waals surface area contributed by atoms with Crippen LogP contribution in [-0.2, 0) is 9.53 Å². The minimum atomic E-state index is -0.111. The van der Waals surface area contributed by atoms with Crippen molar-refractivity contribution < 1.29 is 9.53 Å². The summed E-state index contributed by atoms with van der Waals surface area (Å²) >= 11 is 0. The number of esters is 1. The van der Waals surface area contributed by atoms with Gasteiger partial charge < -0.3 is 4.74 Å². The van der Waals surface area contributed by atoms with Crippen molar-refractivity contribution in [1.29, 1.82) is 0 Å². The summed E-state index contributed by atoms with van der Waals surface area (Å²) in [6.07, 6.45) is 25.1. The van der Waals surface area contributed by atoms with Crippen molar-refractivity contribution in [1.82, 2.24) is 0 Å². The van der Waals surface area contributed by atoms with Crippen molar-refractivity contribution in [2.45, 2.75) is 150 Å². The number of hydrogen-bond acceptors (Lipinski definition) is 2. The Morgan fingerprint density at radius 1 is 0.900 bits per heavy atom. The van der Waals surface area contributed by atoms with Crippen LogP contribution in [0.15, 0.2) is 11.6 Å². The molecule has 0 saturated heterocycles. The molecule has 2 heteroatoms. The van der Waals surface area contributed by atoms with Crippen LogP contribution in [0.4, 0.5) is 0 Å². The third-order valence-electron chi connectivity index (χ3n) is 15.0. The lowest BCUT2D eigenvalue weighted by atomic mass is 9.47. The van der Waals surface area contributed by atoms with Crippen LogP contribution in [0.25, 0.3) is 0 Å². The maximum absolute atomic E-state index is 13.7. The summed E-state index contributed by atoms with van der Waals surface area (Å²) in [5, 5.41) is 0. The molecule has 4 bridgehead atoms. The zero-order chi connectivity index (χ0) is 27.9. The van der Waals surface area contributed by atoms with Gasteiger partial charge in [0.05, 0.1) is 5.41 Å². The third kappa shape index (κ3) is 4.49. The summed E-state index contributed by atoms with van der Waals surface area (Å²) in [5.74, 6) is 7.94. The van der Waals surface area contributed by atoms with Gasteiger partial charge >= 0.3 is 5.97 Å².